The summed E-state index contributed by atoms with van der Waals surface area (Å²) in [7, 11) is 0. The average Bonchev–Trinajstić information content (AvgIpc) is 2.49. The maximum Gasteiger partial charge on any atom is 0.500 e. The Bertz CT molecular complexity index is 314. The van der Waals surface area contributed by atoms with Crippen molar-refractivity contribution in [2.24, 2.45) is 0 Å². The van der Waals surface area contributed by atoms with Gasteiger partial charge < -0.3 is 0 Å². The van der Waals surface area contributed by atoms with E-state index in [0.717, 1.165) is 6.20 Å². The average molecular weight is 215 g/mol. The lowest BCUT2D eigenvalue weighted by Crippen LogP contribution is -2.57. The van der Waals surface area contributed by atoms with Crippen molar-refractivity contribution < 1.29 is 26.5 Å². The lowest BCUT2D eigenvalue weighted by atomic mass is 10.5. The van der Waals surface area contributed by atoms with Crippen molar-refractivity contribution in [3.63, 3.8) is 0 Å². The van der Waals surface area contributed by atoms with Gasteiger partial charge in [0.25, 0.3) is 0 Å². The summed E-state index contributed by atoms with van der Waals surface area (Å²) in [5.41, 5.74) is 0. The van der Waals surface area contributed by atoms with Crippen LogP contribution in [0, 0.1) is 0 Å². The van der Waals surface area contributed by atoms with Gasteiger partial charge >= 0.3 is 12.2 Å². The summed E-state index contributed by atoms with van der Waals surface area (Å²) in [6.45, 7) is 1.97. The predicted octanol–water partition coefficient (Wildman–Crippen LogP) is 1.91. The van der Waals surface area contributed by atoms with E-state index in [4.69, 9.17) is 0 Å². The van der Waals surface area contributed by atoms with Gasteiger partial charge in [0.15, 0.2) is 0 Å². The van der Waals surface area contributed by atoms with Crippen molar-refractivity contribution in [3.8, 4) is 0 Å². The Morgan fingerprint density at radius 3 is 2.14 bits per heavy atom. The molecule has 0 aliphatic carbocycles. The van der Waals surface area contributed by atoms with Crippen LogP contribution in [0.2, 0.25) is 0 Å². The van der Waals surface area contributed by atoms with Crippen molar-refractivity contribution in [1.82, 2.24) is 4.57 Å². The molecule has 1 heterocycles. The lowest BCUT2D eigenvalue weighted by molar-refractivity contribution is -0.850. The minimum absolute atomic E-state index is 0.156. The molecular formula is C7H8F5N2+. The van der Waals surface area contributed by atoms with Crippen LogP contribution in [0.3, 0.4) is 0 Å². The first-order valence-electron chi connectivity index (χ1n) is 3.81. The summed E-state index contributed by atoms with van der Waals surface area (Å²) in [6.07, 6.45) is -3.01. The molecule has 14 heavy (non-hydrogen) atoms. The molecule has 0 aliphatic heterocycles. The van der Waals surface area contributed by atoms with Crippen molar-refractivity contribution >= 4 is 0 Å². The summed E-state index contributed by atoms with van der Waals surface area (Å²) >= 11 is 0. The molecule has 0 N–H and O–H groups in total. The van der Waals surface area contributed by atoms with E-state index in [0.29, 0.717) is 19.1 Å². The van der Waals surface area contributed by atoms with Gasteiger partial charge in [-0.25, -0.2) is 4.57 Å². The fourth-order valence-corrected chi connectivity index (χ4v) is 0.894. The second kappa shape index (κ2) is 3.21. The van der Waals surface area contributed by atoms with Crippen molar-refractivity contribution in [2.75, 3.05) is 0 Å². The van der Waals surface area contributed by atoms with E-state index in [1.807, 2.05) is 0 Å². The highest BCUT2D eigenvalue weighted by Crippen LogP contribution is 2.34. The van der Waals surface area contributed by atoms with Crippen LogP contribution in [0.5, 0.6) is 0 Å². The summed E-state index contributed by atoms with van der Waals surface area (Å²) in [6, 6.07) is -4.85. The molecule has 0 fully saturated rings. The number of hydrogen-bond donors (Lipinski definition) is 0. The monoisotopic (exact) mass is 215 g/mol. The molecule has 0 aliphatic rings. The number of aryl methyl sites for hydroxylation is 1. The van der Waals surface area contributed by atoms with E-state index in [1.54, 1.807) is 6.92 Å². The topological polar surface area (TPSA) is 8.81 Å². The molecule has 0 radical (unpaired) electrons. The lowest BCUT2D eigenvalue weighted by Gasteiger charge is -2.14. The Kier molecular flexibility index (Phi) is 2.51. The van der Waals surface area contributed by atoms with E-state index in [-0.39, 0.29) is 4.57 Å². The molecule has 0 amide bonds. The molecule has 80 valence electrons. The first-order valence-corrected chi connectivity index (χ1v) is 3.81. The van der Waals surface area contributed by atoms with Crippen LogP contribution in [-0.4, -0.2) is 10.7 Å². The van der Waals surface area contributed by atoms with Crippen LogP contribution in [0.4, 0.5) is 22.0 Å². The van der Waals surface area contributed by atoms with E-state index < -0.39 is 12.2 Å². The van der Waals surface area contributed by atoms with E-state index in [2.05, 4.69) is 0 Å². The third-order valence-electron chi connectivity index (χ3n) is 1.72. The van der Waals surface area contributed by atoms with Crippen LogP contribution < -0.4 is 4.57 Å². The molecule has 7 heteroatoms. The zero-order valence-electron chi connectivity index (χ0n) is 7.22. The third-order valence-corrected chi connectivity index (χ3v) is 1.72. The normalized spacial score (nSPS) is 13.3. The second-order valence-electron chi connectivity index (χ2n) is 2.69. The van der Waals surface area contributed by atoms with Gasteiger partial charge in [-0.15, -0.1) is 0 Å². The highest BCUT2D eigenvalue weighted by molar-refractivity contribution is 4.68. The van der Waals surface area contributed by atoms with Crippen LogP contribution >= 0.6 is 0 Å². The SMILES string of the molecule is CCn1cc[n+](C(F)(F)C(F)(F)F)c1. The Morgan fingerprint density at radius 1 is 1.21 bits per heavy atom. The van der Waals surface area contributed by atoms with Crippen molar-refractivity contribution in [3.05, 3.63) is 18.7 Å². The van der Waals surface area contributed by atoms with Crippen LogP contribution in [-0.2, 0) is 12.6 Å². The molecule has 1 aromatic heterocycles. The fourth-order valence-electron chi connectivity index (χ4n) is 0.894. The first-order chi connectivity index (χ1) is 6.29. The smallest absolute Gasteiger partial charge is 0.237 e. The number of aromatic nitrogens is 2. The van der Waals surface area contributed by atoms with Gasteiger partial charge in [0, 0.05) is 0 Å². The Labute approximate surface area is 76.6 Å². The maximum atomic E-state index is 12.6. The minimum atomic E-state index is -5.57. The van der Waals surface area contributed by atoms with Gasteiger partial charge in [0.2, 0.25) is 6.33 Å². The molecule has 0 unspecified atom stereocenters. The highest BCUT2D eigenvalue weighted by Gasteiger charge is 2.63. The van der Waals surface area contributed by atoms with Crippen LogP contribution in [0.25, 0.3) is 0 Å². The van der Waals surface area contributed by atoms with Crippen molar-refractivity contribution in [2.45, 2.75) is 25.7 Å². The quantitative estimate of drug-likeness (QED) is 0.526. The van der Waals surface area contributed by atoms with Crippen molar-refractivity contribution in [1.29, 1.82) is 0 Å². The largest absolute Gasteiger partial charge is 0.500 e. The summed E-state index contributed by atoms with van der Waals surface area (Å²) < 4.78 is 61.9. The molecule has 0 aromatic carbocycles. The first kappa shape index (κ1) is 10.9. The maximum absolute atomic E-state index is 12.6. The molecule has 0 bridgehead atoms. The summed E-state index contributed by atoms with van der Waals surface area (Å²) in [5, 5.41) is 0. The predicted molar refractivity (Wildman–Crippen MR) is 36.5 cm³/mol. The number of nitrogens with zero attached hydrogens (tertiary/aromatic N) is 2. The van der Waals surface area contributed by atoms with E-state index in [9.17, 15) is 22.0 Å². The zero-order chi connectivity index (χ0) is 11.0. The Hall–Kier alpha value is -1.14. The van der Waals surface area contributed by atoms with Gasteiger partial charge in [-0.1, -0.05) is 0 Å². The van der Waals surface area contributed by atoms with E-state index in [1.165, 1.54) is 4.57 Å². The van der Waals surface area contributed by atoms with Gasteiger partial charge in [-0.05, 0) is 6.92 Å². The van der Waals surface area contributed by atoms with E-state index >= 15 is 0 Å². The van der Waals surface area contributed by atoms with Gasteiger partial charge in [-0.2, -0.15) is 26.5 Å². The summed E-state index contributed by atoms with van der Waals surface area (Å²) in [5.74, 6) is 0. The molecule has 0 atom stereocenters. The molecule has 1 rings (SSSR count). The van der Waals surface area contributed by atoms with Gasteiger partial charge in [0.1, 0.15) is 12.4 Å². The number of imidazole rings is 1. The third kappa shape index (κ3) is 1.71. The second-order valence-corrected chi connectivity index (χ2v) is 2.69. The number of halogens is 5. The molecule has 2 nitrogen and oxygen atoms in total. The summed E-state index contributed by atoms with van der Waals surface area (Å²) in [4.78, 5) is 0. The molecular weight excluding hydrogens is 207 g/mol. The number of rotatable bonds is 2. The molecule has 1 aromatic rings. The van der Waals surface area contributed by atoms with Crippen LogP contribution in [0.15, 0.2) is 18.7 Å². The number of hydrogen-bond acceptors (Lipinski definition) is 0. The zero-order valence-corrected chi connectivity index (χ0v) is 7.22. The van der Waals surface area contributed by atoms with Gasteiger partial charge in [-0.3, -0.25) is 0 Å². The number of alkyl halides is 5. The minimum Gasteiger partial charge on any atom is -0.237 e. The molecule has 0 saturated carbocycles. The van der Waals surface area contributed by atoms with Gasteiger partial charge in [0.05, 0.1) is 6.54 Å². The van der Waals surface area contributed by atoms with Crippen LogP contribution in [0.1, 0.15) is 6.92 Å². The Morgan fingerprint density at radius 2 is 1.79 bits per heavy atom. The fraction of sp³-hybridized carbons (Fsp3) is 0.571. The Balaban J connectivity index is 3.04. The highest BCUT2D eigenvalue weighted by atomic mass is 19.4. The molecule has 0 saturated heterocycles. The molecule has 0 spiro atoms. The standard InChI is InChI=1S/C7H8F5N2/c1-2-13-3-4-14(5-13)7(11,12)6(8,9)10/h3-5H,2H2,1H3/q+1.